The predicted molar refractivity (Wildman–Crippen MR) is 58.3 cm³/mol. The minimum Gasteiger partial charge on any atom is -0.374 e. The van der Waals surface area contributed by atoms with E-state index in [9.17, 15) is 4.79 Å². The molecule has 0 spiro atoms. The molecule has 0 saturated heterocycles. The number of carbonyl (C=O) groups is 1. The summed E-state index contributed by atoms with van der Waals surface area (Å²) in [6, 6.07) is 0. The van der Waals surface area contributed by atoms with Crippen molar-refractivity contribution in [3.63, 3.8) is 0 Å². The van der Waals surface area contributed by atoms with Crippen LogP contribution in [0.4, 0.5) is 0 Å². The zero-order valence-electron chi connectivity index (χ0n) is 9.26. The normalized spacial score (nSPS) is 10.4. The van der Waals surface area contributed by atoms with Crippen LogP contribution in [0.15, 0.2) is 0 Å². The lowest BCUT2D eigenvalue weighted by molar-refractivity contribution is -0.121. The summed E-state index contributed by atoms with van der Waals surface area (Å²) < 4.78 is 5.15. The Bertz CT molecular complexity index is 137. The van der Waals surface area contributed by atoms with Gasteiger partial charge in [-0.25, -0.2) is 0 Å². The average molecular weight is 201 g/mol. The maximum atomic E-state index is 10.5. The van der Waals surface area contributed by atoms with E-state index in [1.165, 1.54) is 25.7 Å². The van der Waals surface area contributed by atoms with Gasteiger partial charge < -0.3 is 10.5 Å². The first-order valence-electron chi connectivity index (χ1n) is 5.54. The molecule has 0 rings (SSSR count). The second-order valence-corrected chi connectivity index (χ2v) is 3.66. The monoisotopic (exact) mass is 201 g/mol. The van der Waals surface area contributed by atoms with E-state index in [1.807, 2.05) is 0 Å². The molecule has 3 heteroatoms. The van der Waals surface area contributed by atoms with E-state index < -0.39 is 0 Å². The van der Waals surface area contributed by atoms with Gasteiger partial charge in [0.15, 0.2) is 5.78 Å². The molecule has 0 saturated carbocycles. The summed E-state index contributed by atoms with van der Waals surface area (Å²) in [6.45, 7) is 3.35. The molecule has 0 aliphatic rings. The fraction of sp³-hybridized carbons (Fsp3) is 0.909. The van der Waals surface area contributed by atoms with Gasteiger partial charge in [0.1, 0.15) is 6.61 Å². The highest BCUT2D eigenvalue weighted by Gasteiger charge is 1.93. The van der Waals surface area contributed by atoms with Crippen molar-refractivity contribution in [2.75, 3.05) is 19.8 Å². The molecule has 0 aromatic carbocycles. The van der Waals surface area contributed by atoms with E-state index in [0.717, 1.165) is 26.0 Å². The maximum absolute atomic E-state index is 10.5. The van der Waals surface area contributed by atoms with Gasteiger partial charge in [-0.3, -0.25) is 4.79 Å². The zero-order chi connectivity index (χ0) is 10.6. The Labute approximate surface area is 87.0 Å². The summed E-state index contributed by atoms with van der Waals surface area (Å²) >= 11 is 0. The van der Waals surface area contributed by atoms with Gasteiger partial charge in [0.2, 0.25) is 0 Å². The minimum atomic E-state index is 0.105. The smallest absolute Gasteiger partial charge is 0.155 e. The number of hydrogen-bond acceptors (Lipinski definition) is 3. The van der Waals surface area contributed by atoms with Crippen LogP contribution in [-0.2, 0) is 9.53 Å². The summed E-state index contributed by atoms with van der Waals surface area (Å²) in [5.41, 5.74) is 5.39. The molecule has 84 valence electrons. The molecule has 0 bridgehead atoms. The van der Waals surface area contributed by atoms with Crippen LogP contribution < -0.4 is 5.73 Å². The van der Waals surface area contributed by atoms with Crippen LogP contribution in [0.25, 0.3) is 0 Å². The Balaban J connectivity index is 2.88. The Morgan fingerprint density at radius 3 is 2.21 bits per heavy atom. The molecular weight excluding hydrogens is 178 g/mol. The van der Waals surface area contributed by atoms with Crippen LogP contribution in [0.5, 0.6) is 0 Å². The van der Waals surface area contributed by atoms with Crippen LogP contribution in [0.2, 0.25) is 0 Å². The molecule has 0 radical (unpaired) electrons. The lowest BCUT2D eigenvalue weighted by Gasteiger charge is -2.02. The van der Waals surface area contributed by atoms with Gasteiger partial charge in [-0.15, -0.1) is 0 Å². The van der Waals surface area contributed by atoms with Crippen LogP contribution in [0.3, 0.4) is 0 Å². The first kappa shape index (κ1) is 13.6. The number of rotatable bonds is 10. The second-order valence-electron chi connectivity index (χ2n) is 3.66. The van der Waals surface area contributed by atoms with Gasteiger partial charge in [-0.1, -0.05) is 25.7 Å². The lowest BCUT2D eigenvalue weighted by atomic mass is 10.1. The first-order chi connectivity index (χ1) is 6.77. The molecule has 0 atom stereocenters. The van der Waals surface area contributed by atoms with Crippen molar-refractivity contribution in [2.24, 2.45) is 5.73 Å². The minimum absolute atomic E-state index is 0.105. The lowest BCUT2D eigenvalue weighted by Crippen LogP contribution is -2.04. The Morgan fingerprint density at radius 1 is 1.07 bits per heavy atom. The molecule has 0 aliphatic carbocycles. The molecule has 0 heterocycles. The van der Waals surface area contributed by atoms with Crippen LogP contribution in [0, 0.1) is 0 Å². The third-order valence-corrected chi connectivity index (χ3v) is 2.05. The molecule has 0 amide bonds. The molecule has 0 aromatic rings. The highest BCUT2D eigenvalue weighted by Crippen LogP contribution is 2.04. The van der Waals surface area contributed by atoms with Gasteiger partial charge in [0, 0.05) is 6.61 Å². The van der Waals surface area contributed by atoms with Crippen LogP contribution in [0.1, 0.15) is 45.4 Å². The Morgan fingerprint density at radius 2 is 1.64 bits per heavy atom. The van der Waals surface area contributed by atoms with Crippen molar-refractivity contribution >= 4 is 5.78 Å². The molecule has 14 heavy (non-hydrogen) atoms. The molecule has 0 aliphatic heterocycles. The fourth-order valence-corrected chi connectivity index (χ4v) is 1.27. The molecule has 0 unspecified atom stereocenters. The van der Waals surface area contributed by atoms with E-state index in [1.54, 1.807) is 6.92 Å². The van der Waals surface area contributed by atoms with Gasteiger partial charge in [0.05, 0.1) is 0 Å². The number of ether oxygens (including phenoxy) is 1. The van der Waals surface area contributed by atoms with Gasteiger partial charge in [-0.2, -0.15) is 0 Å². The SMILES string of the molecule is CC(=O)COCCCCCCCCN. The van der Waals surface area contributed by atoms with Crippen molar-refractivity contribution in [2.45, 2.75) is 45.4 Å². The van der Waals surface area contributed by atoms with Gasteiger partial charge >= 0.3 is 0 Å². The number of unbranched alkanes of at least 4 members (excludes halogenated alkanes) is 5. The van der Waals surface area contributed by atoms with Crippen molar-refractivity contribution in [3.05, 3.63) is 0 Å². The van der Waals surface area contributed by atoms with Crippen LogP contribution in [-0.4, -0.2) is 25.5 Å². The molecule has 0 fully saturated rings. The van der Waals surface area contributed by atoms with Crippen molar-refractivity contribution < 1.29 is 9.53 Å². The van der Waals surface area contributed by atoms with Gasteiger partial charge in [-0.05, 0) is 26.3 Å². The fourth-order valence-electron chi connectivity index (χ4n) is 1.27. The highest BCUT2D eigenvalue weighted by molar-refractivity contribution is 5.76. The summed E-state index contributed by atoms with van der Waals surface area (Å²) in [5, 5.41) is 0. The third kappa shape index (κ3) is 11.6. The number of Topliss-reactive ketones (excluding diaryl/α,β-unsaturated/α-hetero) is 1. The maximum Gasteiger partial charge on any atom is 0.155 e. The standard InChI is InChI=1S/C11H23NO2/c1-11(13)10-14-9-7-5-3-2-4-6-8-12/h2-10,12H2,1H3. The zero-order valence-corrected chi connectivity index (χ0v) is 9.26. The topological polar surface area (TPSA) is 52.3 Å². The van der Waals surface area contributed by atoms with Crippen molar-refractivity contribution in [1.29, 1.82) is 0 Å². The Hall–Kier alpha value is -0.410. The summed E-state index contributed by atoms with van der Waals surface area (Å²) in [6.07, 6.45) is 7.16. The summed E-state index contributed by atoms with van der Waals surface area (Å²) in [7, 11) is 0. The molecule has 2 N–H and O–H groups in total. The number of nitrogens with two attached hydrogens (primary N) is 1. The first-order valence-corrected chi connectivity index (χ1v) is 5.54. The predicted octanol–water partition coefficient (Wildman–Crippen LogP) is 1.89. The van der Waals surface area contributed by atoms with E-state index >= 15 is 0 Å². The highest BCUT2D eigenvalue weighted by atomic mass is 16.5. The largest absolute Gasteiger partial charge is 0.374 e. The quantitative estimate of drug-likeness (QED) is 0.549. The van der Waals surface area contributed by atoms with Gasteiger partial charge in [0.25, 0.3) is 0 Å². The molecular formula is C11H23NO2. The molecule has 0 aromatic heterocycles. The van der Waals surface area contributed by atoms with E-state index in [2.05, 4.69) is 0 Å². The Kier molecular flexibility index (Phi) is 10.4. The third-order valence-electron chi connectivity index (χ3n) is 2.05. The number of carbonyl (C=O) groups excluding carboxylic acids is 1. The van der Waals surface area contributed by atoms with E-state index in [0.29, 0.717) is 0 Å². The number of hydrogen-bond donors (Lipinski definition) is 1. The number of ketones is 1. The second kappa shape index (κ2) is 10.7. The summed E-state index contributed by atoms with van der Waals surface area (Å²) in [4.78, 5) is 10.5. The summed E-state index contributed by atoms with van der Waals surface area (Å²) in [5.74, 6) is 0.105. The van der Waals surface area contributed by atoms with E-state index in [-0.39, 0.29) is 12.4 Å². The van der Waals surface area contributed by atoms with E-state index in [4.69, 9.17) is 10.5 Å². The average Bonchev–Trinajstić information content (AvgIpc) is 2.15. The van der Waals surface area contributed by atoms with Crippen molar-refractivity contribution in [3.8, 4) is 0 Å². The molecule has 3 nitrogen and oxygen atoms in total. The van der Waals surface area contributed by atoms with Crippen LogP contribution >= 0.6 is 0 Å². The van der Waals surface area contributed by atoms with Crippen molar-refractivity contribution in [1.82, 2.24) is 0 Å².